The first kappa shape index (κ1) is 11.4. The molecule has 0 unspecified atom stereocenters. The van der Waals surface area contributed by atoms with E-state index in [-0.39, 0.29) is 6.54 Å². The molecule has 3 aromatic rings. The maximum Gasteiger partial charge on any atom is 0.235 e. The highest BCUT2D eigenvalue weighted by molar-refractivity contribution is 5.76. The second-order valence-corrected chi connectivity index (χ2v) is 4.05. The van der Waals surface area contributed by atoms with Crippen molar-refractivity contribution in [1.29, 1.82) is 0 Å². The number of hydrogen-bond donors (Lipinski definition) is 0. The smallest absolute Gasteiger partial charge is 0.235 e. The molecule has 0 N–H and O–H groups in total. The van der Waals surface area contributed by atoms with Gasteiger partial charge in [0.15, 0.2) is 5.58 Å². The third-order valence-corrected chi connectivity index (χ3v) is 2.86. The van der Waals surface area contributed by atoms with Crippen LogP contribution in [0, 0.1) is 0 Å². The van der Waals surface area contributed by atoms with E-state index in [1.54, 1.807) is 6.08 Å². The van der Waals surface area contributed by atoms with Crippen LogP contribution in [0.4, 0.5) is 0 Å². The van der Waals surface area contributed by atoms with Gasteiger partial charge in [-0.15, -0.1) is 0 Å². The van der Waals surface area contributed by atoms with E-state index in [0.29, 0.717) is 5.89 Å². The molecule has 4 nitrogen and oxygen atoms in total. The average Bonchev–Trinajstić information content (AvgIpc) is 2.89. The number of oxazole rings is 1. The topological polar surface area (TPSA) is 55.5 Å². The summed E-state index contributed by atoms with van der Waals surface area (Å²) in [7, 11) is 0. The van der Waals surface area contributed by atoms with E-state index in [1.165, 1.54) is 0 Å². The molecule has 3 rings (SSSR count). The fourth-order valence-corrected chi connectivity index (χ4v) is 1.97. The summed E-state index contributed by atoms with van der Waals surface area (Å²) < 4.78 is 5.72. The number of isocyanates is 1. The number of fused-ring (bicyclic) bond motifs is 1. The number of rotatable bonds is 3. The highest BCUT2D eigenvalue weighted by Gasteiger charge is 2.11. The molecular formula is C15H10N2O2. The monoisotopic (exact) mass is 250 g/mol. The maximum atomic E-state index is 10.2. The fourth-order valence-electron chi connectivity index (χ4n) is 1.97. The van der Waals surface area contributed by atoms with Crippen LogP contribution in [-0.4, -0.2) is 11.1 Å². The van der Waals surface area contributed by atoms with Crippen LogP contribution in [0.5, 0.6) is 0 Å². The van der Waals surface area contributed by atoms with Crippen molar-refractivity contribution in [1.82, 2.24) is 4.98 Å². The average molecular weight is 250 g/mol. The molecule has 92 valence electrons. The molecule has 0 saturated heterocycles. The number of benzene rings is 2. The van der Waals surface area contributed by atoms with Crippen LogP contribution in [0.2, 0.25) is 0 Å². The lowest BCUT2D eigenvalue weighted by atomic mass is 10.1. The Hall–Kier alpha value is -2.71. The van der Waals surface area contributed by atoms with Gasteiger partial charge in [-0.1, -0.05) is 30.3 Å². The van der Waals surface area contributed by atoms with Gasteiger partial charge in [-0.05, 0) is 23.8 Å². The molecule has 0 aliphatic carbocycles. The second kappa shape index (κ2) is 4.88. The van der Waals surface area contributed by atoms with Crippen LogP contribution < -0.4 is 0 Å². The van der Waals surface area contributed by atoms with E-state index < -0.39 is 0 Å². The van der Waals surface area contributed by atoms with E-state index in [1.807, 2.05) is 48.5 Å². The van der Waals surface area contributed by atoms with Crippen LogP contribution in [0.3, 0.4) is 0 Å². The molecule has 1 aromatic heterocycles. The summed E-state index contributed by atoms with van der Waals surface area (Å²) in [6, 6.07) is 15.2. The standard InChI is InChI=1S/C15H10N2O2/c18-10-16-9-11-5-1-2-6-12(11)15-17-13-7-3-4-8-14(13)19-15/h1-8H,9H2. The van der Waals surface area contributed by atoms with Gasteiger partial charge in [-0.2, -0.15) is 0 Å². The Kier molecular flexibility index (Phi) is 2.93. The van der Waals surface area contributed by atoms with Crippen molar-refractivity contribution in [3.8, 4) is 11.5 Å². The molecule has 4 heteroatoms. The summed E-state index contributed by atoms with van der Waals surface area (Å²) in [4.78, 5) is 18.3. The van der Waals surface area contributed by atoms with Crippen molar-refractivity contribution in [2.75, 3.05) is 0 Å². The van der Waals surface area contributed by atoms with Crippen LogP contribution in [-0.2, 0) is 11.3 Å². The zero-order valence-corrected chi connectivity index (χ0v) is 10.0. The molecule has 0 bridgehead atoms. The van der Waals surface area contributed by atoms with Gasteiger partial charge in [0.2, 0.25) is 12.0 Å². The minimum Gasteiger partial charge on any atom is -0.436 e. The van der Waals surface area contributed by atoms with Crippen LogP contribution in [0.1, 0.15) is 5.56 Å². The lowest BCUT2D eigenvalue weighted by molar-refractivity contribution is 0.562. The molecule has 0 saturated carbocycles. The zero-order chi connectivity index (χ0) is 13.1. The predicted octanol–water partition coefficient (Wildman–Crippen LogP) is 3.33. The third kappa shape index (κ3) is 2.17. The van der Waals surface area contributed by atoms with Gasteiger partial charge in [0.1, 0.15) is 5.52 Å². The highest BCUT2D eigenvalue weighted by Crippen LogP contribution is 2.27. The lowest BCUT2D eigenvalue weighted by Crippen LogP contribution is -1.87. The van der Waals surface area contributed by atoms with Gasteiger partial charge >= 0.3 is 0 Å². The number of nitrogens with zero attached hydrogens (tertiary/aromatic N) is 2. The molecule has 0 fully saturated rings. The van der Waals surface area contributed by atoms with E-state index in [0.717, 1.165) is 22.2 Å². The third-order valence-electron chi connectivity index (χ3n) is 2.86. The number of aromatic nitrogens is 1. The van der Waals surface area contributed by atoms with E-state index in [9.17, 15) is 4.79 Å². The van der Waals surface area contributed by atoms with E-state index in [4.69, 9.17) is 4.42 Å². The van der Waals surface area contributed by atoms with Crippen molar-refractivity contribution in [3.05, 3.63) is 54.1 Å². The molecule has 19 heavy (non-hydrogen) atoms. The highest BCUT2D eigenvalue weighted by atomic mass is 16.3. The first-order valence-corrected chi connectivity index (χ1v) is 5.86. The summed E-state index contributed by atoms with van der Waals surface area (Å²) >= 11 is 0. The molecular weight excluding hydrogens is 240 g/mol. The first-order chi connectivity index (χ1) is 9.38. The van der Waals surface area contributed by atoms with Gasteiger partial charge in [0.05, 0.1) is 6.54 Å². The number of para-hydroxylation sites is 2. The molecule has 0 spiro atoms. The quantitative estimate of drug-likeness (QED) is 0.529. The van der Waals surface area contributed by atoms with Gasteiger partial charge in [-0.25, -0.2) is 14.8 Å². The molecule has 1 heterocycles. The van der Waals surface area contributed by atoms with Gasteiger partial charge < -0.3 is 4.42 Å². The normalized spacial score (nSPS) is 10.3. The van der Waals surface area contributed by atoms with Gasteiger partial charge in [0.25, 0.3) is 0 Å². The van der Waals surface area contributed by atoms with Crippen molar-refractivity contribution in [2.24, 2.45) is 4.99 Å². The number of carbonyl (C=O) groups excluding carboxylic acids is 1. The van der Waals surface area contributed by atoms with Crippen LogP contribution in [0.25, 0.3) is 22.6 Å². The Labute approximate surface area is 109 Å². The summed E-state index contributed by atoms with van der Waals surface area (Å²) in [6.45, 7) is 0.276. The van der Waals surface area contributed by atoms with Gasteiger partial charge in [0, 0.05) is 5.56 Å². The molecule has 0 aliphatic heterocycles. The molecule has 0 aliphatic rings. The molecule has 0 amide bonds. The largest absolute Gasteiger partial charge is 0.436 e. The maximum absolute atomic E-state index is 10.2. The predicted molar refractivity (Wildman–Crippen MR) is 71.3 cm³/mol. The molecule has 2 aromatic carbocycles. The van der Waals surface area contributed by atoms with Crippen molar-refractivity contribution in [3.63, 3.8) is 0 Å². The van der Waals surface area contributed by atoms with Crippen molar-refractivity contribution in [2.45, 2.75) is 6.54 Å². The lowest BCUT2D eigenvalue weighted by Gasteiger charge is -2.01. The Morgan fingerprint density at radius 1 is 1.11 bits per heavy atom. The van der Waals surface area contributed by atoms with Gasteiger partial charge in [-0.3, -0.25) is 0 Å². The summed E-state index contributed by atoms with van der Waals surface area (Å²) in [5.41, 5.74) is 3.28. The summed E-state index contributed by atoms with van der Waals surface area (Å²) in [5, 5.41) is 0. The Morgan fingerprint density at radius 2 is 1.89 bits per heavy atom. The first-order valence-electron chi connectivity index (χ1n) is 5.86. The summed E-state index contributed by atoms with van der Waals surface area (Å²) in [5.74, 6) is 0.540. The fraction of sp³-hybridized carbons (Fsp3) is 0.0667. The van der Waals surface area contributed by atoms with Crippen LogP contribution in [0.15, 0.2) is 57.9 Å². The number of aliphatic imine (C=N–C) groups is 1. The van der Waals surface area contributed by atoms with E-state index in [2.05, 4.69) is 9.98 Å². The minimum atomic E-state index is 0.276. The minimum absolute atomic E-state index is 0.276. The number of hydrogen-bond acceptors (Lipinski definition) is 4. The molecule has 0 radical (unpaired) electrons. The Morgan fingerprint density at radius 3 is 2.74 bits per heavy atom. The van der Waals surface area contributed by atoms with E-state index >= 15 is 0 Å². The zero-order valence-electron chi connectivity index (χ0n) is 10.0. The summed E-state index contributed by atoms with van der Waals surface area (Å²) in [6.07, 6.45) is 1.55. The SMILES string of the molecule is O=C=NCc1ccccc1-c1nc2ccccc2o1. The second-order valence-electron chi connectivity index (χ2n) is 4.05. The van der Waals surface area contributed by atoms with Crippen molar-refractivity contribution >= 4 is 17.2 Å². The van der Waals surface area contributed by atoms with Crippen molar-refractivity contribution < 1.29 is 9.21 Å². The Bertz CT molecular complexity index is 737. The Balaban J connectivity index is 2.12. The molecule has 0 atom stereocenters. The van der Waals surface area contributed by atoms with Crippen LogP contribution >= 0.6 is 0 Å².